The molecule has 0 radical (unpaired) electrons. The first kappa shape index (κ1) is 19.2. The quantitative estimate of drug-likeness (QED) is 0.563. The summed E-state index contributed by atoms with van der Waals surface area (Å²) in [6, 6.07) is 10.1. The minimum atomic E-state index is 0. The van der Waals surface area contributed by atoms with E-state index in [4.69, 9.17) is 9.84 Å². The number of hydrogen-bond donors (Lipinski definition) is 0. The van der Waals surface area contributed by atoms with E-state index in [0.29, 0.717) is 0 Å². The third-order valence-electron chi connectivity index (χ3n) is 3.30. The molecule has 20 heavy (non-hydrogen) atoms. The molecule has 102 valence electrons. The molecular weight excluding hydrogens is 261 g/mol. The van der Waals surface area contributed by atoms with E-state index < -0.39 is 0 Å². The predicted molar refractivity (Wildman–Crippen MR) is 74.5 cm³/mol. The zero-order chi connectivity index (χ0) is 14.1. The van der Waals surface area contributed by atoms with Crippen LogP contribution in [-0.2, 0) is 0 Å². The Morgan fingerprint density at radius 3 is 2.30 bits per heavy atom. The van der Waals surface area contributed by atoms with Gasteiger partial charge in [0.2, 0.25) is 0 Å². The Balaban J connectivity index is 0.00000115. The Kier molecular flexibility index (Phi) is 10.5. The van der Waals surface area contributed by atoms with Crippen LogP contribution >= 0.6 is 0 Å². The second-order valence-electron chi connectivity index (χ2n) is 4.35. The molecular formula is C16H20NNaO2. The minimum Gasteiger partial charge on any atom is -0.857 e. The van der Waals surface area contributed by atoms with Crippen LogP contribution in [0.25, 0.3) is 5.57 Å². The van der Waals surface area contributed by atoms with E-state index in [-0.39, 0.29) is 29.6 Å². The summed E-state index contributed by atoms with van der Waals surface area (Å²) in [5.74, 6) is 0.794. The maximum Gasteiger partial charge on any atom is 1.00 e. The van der Waals surface area contributed by atoms with E-state index in [1.54, 1.807) is 7.11 Å². The van der Waals surface area contributed by atoms with Crippen LogP contribution < -0.4 is 39.4 Å². The Bertz CT molecular complexity index is 470. The topological polar surface area (TPSA) is 56.1 Å². The Labute approximate surface area is 143 Å². The molecule has 1 aliphatic rings. The molecule has 4 heteroatoms. The van der Waals surface area contributed by atoms with Crippen LogP contribution in [0, 0.1) is 11.3 Å². The van der Waals surface area contributed by atoms with Gasteiger partial charge in [0.15, 0.2) is 0 Å². The fourth-order valence-electron chi connectivity index (χ4n) is 2.41. The molecule has 0 saturated heterocycles. The number of benzene rings is 1. The van der Waals surface area contributed by atoms with E-state index in [1.807, 2.05) is 24.3 Å². The Morgan fingerprint density at radius 1 is 1.15 bits per heavy atom. The van der Waals surface area contributed by atoms with Crippen molar-refractivity contribution in [1.29, 1.82) is 5.26 Å². The predicted octanol–water partition coefficient (Wildman–Crippen LogP) is -0.0830. The van der Waals surface area contributed by atoms with Gasteiger partial charge < -0.3 is 9.84 Å². The molecule has 3 nitrogen and oxygen atoms in total. The van der Waals surface area contributed by atoms with Crippen LogP contribution in [0.2, 0.25) is 0 Å². The van der Waals surface area contributed by atoms with Crippen molar-refractivity contribution in [2.75, 3.05) is 14.2 Å². The van der Waals surface area contributed by atoms with Gasteiger partial charge in [0.1, 0.15) is 5.75 Å². The summed E-state index contributed by atoms with van der Waals surface area (Å²) >= 11 is 0. The molecule has 0 unspecified atom stereocenters. The molecule has 1 aliphatic carbocycles. The maximum absolute atomic E-state index is 9.39. The second kappa shape index (κ2) is 10.9. The second-order valence-corrected chi connectivity index (χ2v) is 4.35. The molecule has 0 atom stereocenters. The summed E-state index contributed by atoms with van der Waals surface area (Å²) < 4.78 is 5.33. The van der Waals surface area contributed by atoms with Crippen molar-refractivity contribution in [3.8, 4) is 11.8 Å². The van der Waals surface area contributed by atoms with E-state index >= 15 is 0 Å². The number of methoxy groups -OCH3 is 1. The van der Waals surface area contributed by atoms with E-state index in [2.05, 4.69) is 6.07 Å². The van der Waals surface area contributed by atoms with Gasteiger partial charge in [-0.2, -0.15) is 12.4 Å². The van der Waals surface area contributed by atoms with Crippen LogP contribution in [0.4, 0.5) is 0 Å². The molecule has 0 aliphatic heterocycles. The van der Waals surface area contributed by atoms with Crippen LogP contribution in [0.5, 0.6) is 5.75 Å². The van der Waals surface area contributed by atoms with Gasteiger partial charge in [-0.15, -0.1) is 0 Å². The first-order valence-electron chi connectivity index (χ1n) is 6.53. The average Bonchev–Trinajstić information content (AvgIpc) is 2.52. The molecule has 0 heterocycles. The number of nitriles is 1. The number of rotatable bonds is 2. The molecule has 0 spiro atoms. The van der Waals surface area contributed by atoms with Crippen molar-refractivity contribution >= 4 is 5.57 Å². The number of hydrogen-bond acceptors (Lipinski definition) is 3. The summed E-state index contributed by atoms with van der Waals surface area (Å²) in [6.07, 6.45) is 5.81. The van der Waals surface area contributed by atoms with Crippen molar-refractivity contribution in [3.05, 3.63) is 35.4 Å². The summed E-state index contributed by atoms with van der Waals surface area (Å²) in [5.41, 5.74) is 3.06. The summed E-state index contributed by atoms with van der Waals surface area (Å²) in [7, 11) is 2.40. The number of nitrogens with zero attached hydrogens (tertiary/aromatic N) is 1. The summed E-state index contributed by atoms with van der Waals surface area (Å²) in [4.78, 5) is 0. The van der Waals surface area contributed by atoms with Gasteiger partial charge in [-0.25, -0.2) is 0 Å². The molecule has 2 rings (SSSR count). The van der Waals surface area contributed by atoms with Gasteiger partial charge >= 0.3 is 29.6 Å². The first-order valence-corrected chi connectivity index (χ1v) is 6.53. The summed E-state index contributed by atoms with van der Waals surface area (Å²) in [6.45, 7) is 0. The minimum absolute atomic E-state index is 0. The van der Waals surface area contributed by atoms with Crippen LogP contribution in [-0.4, -0.2) is 14.2 Å². The van der Waals surface area contributed by atoms with Crippen LogP contribution in [0.1, 0.15) is 37.7 Å². The molecule has 0 bridgehead atoms. The van der Waals surface area contributed by atoms with Crippen LogP contribution in [0.15, 0.2) is 29.8 Å². The molecule has 1 saturated carbocycles. The zero-order valence-corrected chi connectivity index (χ0v) is 14.6. The van der Waals surface area contributed by atoms with E-state index in [0.717, 1.165) is 36.8 Å². The van der Waals surface area contributed by atoms with Gasteiger partial charge in [0, 0.05) is 5.56 Å². The van der Waals surface area contributed by atoms with Gasteiger partial charge in [-0.05, 0) is 37.8 Å². The largest absolute Gasteiger partial charge is 1.00 e. The molecule has 1 fully saturated rings. The van der Waals surface area contributed by atoms with E-state index in [1.165, 1.54) is 24.8 Å². The monoisotopic (exact) mass is 281 g/mol. The standard InChI is InChI=1S/C15H17NO.CH3O.Na/c1-17-15-10-6-5-9-13(15)14(11-16)12-7-3-2-4-8-12;1-2;/h5-6,9-10H,2-4,7-8H2,1H3;1H3;/q;-1;+1. The first-order chi connectivity index (χ1) is 9.36. The zero-order valence-electron chi connectivity index (χ0n) is 12.6. The molecule has 0 aromatic heterocycles. The molecule has 1 aromatic rings. The number of allylic oxidation sites excluding steroid dienone is 2. The SMILES string of the molecule is COc1ccccc1C(C#N)=C1CCCCC1.C[O-].[Na+]. The van der Waals surface area contributed by atoms with Crippen molar-refractivity contribution in [2.45, 2.75) is 32.1 Å². The molecule has 1 aromatic carbocycles. The third kappa shape index (κ3) is 4.96. The van der Waals surface area contributed by atoms with Crippen molar-refractivity contribution < 1.29 is 39.4 Å². The smallest absolute Gasteiger partial charge is 0.857 e. The van der Waals surface area contributed by atoms with Gasteiger partial charge in [-0.3, -0.25) is 0 Å². The van der Waals surface area contributed by atoms with Gasteiger partial charge in [0.25, 0.3) is 0 Å². The van der Waals surface area contributed by atoms with Crippen molar-refractivity contribution in [3.63, 3.8) is 0 Å². The normalized spacial score (nSPS) is 13.2. The van der Waals surface area contributed by atoms with E-state index in [9.17, 15) is 5.26 Å². The average molecular weight is 281 g/mol. The number of ether oxygens (including phenoxy) is 1. The van der Waals surface area contributed by atoms with Crippen molar-refractivity contribution in [1.82, 2.24) is 0 Å². The third-order valence-corrected chi connectivity index (χ3v) is 3.30. The van der Waals surface area contributed by atoms with Gasteiger partial charge in [0.05, 0.1) is 18.8 Å². The number of para-hydroxylation sites is 1. The maximum atomic E-state index is 9.39. The van der Waals surface area contributed by atoms with Crippen LogP contribution in [0.3, 0.4) is 0 Å². The molecule has 0 amide bonds. The van der Waals surface area contributed by atoms with Gasteiger partial charge in [-0.1, -0.05) is 24.1 Å². The summed E-state index contributed by atoms with van der Waals surface area (Å²) in [5, 5.41) is 17.6. The Morgan fingerprint density at radius 2 is 1.75 bits per heavy atom. The fourth-order valence-corrected chi connectivity index (χ4v) is 2.41. The Hall–Kier alpha value is -0.790. The fraction of sp³-hybridized carbons (Fsp3) is 0.438. The van der Waals surface area contributed by atoms with Crippen molar-refractivity contribution in [2.24, 2.45) is 0 Å². The molecule has 0 N–H and O–H groups in total.